The van der Waals surface area contributed by atoms with Crippen LogP contribution in [-0.2, 0) is 23.2 Å². The minimum atomic E-state index is -4.70. The van der Waals surface area contributed by atoms with Crippen LogP contribution in [0.4, 0.5) is 19.1 Å². The molecular weight excluding hydrogens is 495 g/mol. The molecule has 3 N–H and O–H groups in total. The lowest BCUT2D eigenvalue weighted by Crippen LogP contribution is -2.42. The number of amides is 1. The van der Waals surface area contributed by atoms with Gasteiger partial charge in [-0.3, -0.25) is 9.48 Å². The smallest absolute Gasteiger partial charge is 0.366 e. The van der Waals surface area contributed by atoms with Crippen molar-refractivity contribution in [2.45, 2.75) is 30.0 Å². The van der Waals surface area contributed by atoms with Crippen molar-refractivity contribution >= 4 is 33.2 Å². The predicted octanol–water partition coefficient (Wildman–Crippen LogP) is 2.32. The van der Waals surface area contributed by atoms with E-state index >= 15 is 0 Å². The molecule has 3 aromatic rings. The van der Waals surface area contributed by atoms with Crippen molar-refractivity contribution in [1.82, 2.24) is 24.1 Å². The Bertz CT molecular complexity index is 1310. The summed E-state index contributed by atoms with van der Waals surface area (Å²) in [6, 6.07) is 1.02. The van der Waals surface area contributed by atoms with Crippen LogP contribution in [0.2, 0.25) is 0 Å². The zero-order chi connectivity index (χ0) is 24.7. The summed E-state index contributed by atoms with van der Waals surface area (Å²) in [4.78, 5) is 19.5. The molecule has 0 unspecified atom stereocenters. The first-order valence-electron chi connectivity index (χ1n) is 10.0. The molecule has 34 heavy (non-hydrogen) atoms. The molecule has 4 rings (SSSR count). The lowest BCUT2D eigenvalue weighted by Gasteiger charge is -2.31. The zero-order valence-electron chi connectivity index (χ0n) is 17.8. The van der Waals surface area contributed by atoms with Gasteiger partial charge in [-0.2, -0.15) is 22.6 Å². The van der Waals surface area contributed by atoms with Crippen LogP contribution in [-0.4, -0.2) is 57.5 Å². The topological polar surface area (TPSA) is 136 Å². The van der Waals surface area contributed by atoms with Crippen molar-refractivity contribution in [3.63, 3.8) is 0 Å². The van der Waals surface area contributed by atoms with Crippen molar-refractivity contribution in [3.05, 3.63) is 41.2 Å². The number of piperidine rings is 1. The maximum absolute atomic E-state index is 13.5. The van der Waals surface area contributed by atoms with Gasteiger partial charge >= 0.3 is 6.18 Å². The largest absolute Gasteiger partial charge is 0.420 e. The number of aromatic nitrogens is 4. The number of halogens is 3. The molecule has 182 valence electrons. The number of carbonyl (C=O) groups excluding carboxylic acids is 1. The summed E-state index contributed by atoms with van der Waals surface area (Å²) in [5.74, 6) is -0.776. The number of alkyl halides is 3. The number of carbonyl (C=O) groups is 1. The molecule has 0 aromatic carbocycles. The Morgan fingerprint density at radius 1 is 1.26 bits per heavy atom. The highest BCUT2D eigenvalue weighted by molar-refractivity contribution is 7.89. The van der Waals surface area contributed by atoms with Crippen molar-refractivity contribution in [2.75, 3.05) is 18.4 Å². The second-order valence-corrected chi connectivity index (χ2v) is 10.5. The minimum absolute atomic E-state index is 0.0226. The van der Waals surface area contributed by atoms with Gasteiger partial charge in [-0.1, -0.05) is 0 Å². The van der Waals surface area contributed by atoms with Gasteiger partial charge in [-0.15, -0.1) is 11.3 Å². The van der Waals surface area contributed by atoms with Crippen LogP contribution in [0.25, 0.3) is 10.6 Å². The number of hydrogen-bond donors (Lipinski definition) is 2. The molecule has 10 nitrogen and oxygen atoms in total. The van der Waals surface area contributed by atoms with Crippen LogP contribution in [0.1, 0.15) is 28.8 Å². The van der Waals surface area contributed by atoms with Crippen LogP contribution in [0.15, 0.2) is 34.9 Å². The Morgan fingerprint density at radius 3 is 2.53 bits per heavy atom. The molecule has 1 amide bonds. The highest BCUT2D eigenvalue weighted by Gasteiger charge is 2.36. The Kier molecular flexibility index (Phi) is 6.35. The van der Waals surface area contributed by atoms with Crippen LogP contribution in [0.3, 0.4) is 0 Å². The minimum Gasteiger partial charge on any atom is -0.366 e. The quantitative estimate of drug-likeness (QED) is 0.514. The number of nitrogens with zero attached hydrogens (tertiary/aromatic N) is 5. The fourth-order valence-corrected chi connectivity index (χ4v) is 5.90. The third kappa shape index (κ3) is 4.90. The molecule has 1 fully saturated rings. The summed E-state index contributed by atoms with van der Waals surface area (Å²) in [6.45, 7) is 0.435. The lowest BCUT2D eigenvalue weighted by molar-refractivity contribution is -0.137. The molecule has 0 atom stereocenters. The number of aryl methyl sites for hydroxylation is 1. The summed E-state index contributed by atoms with van der Waals surface area (Å²) in [5.41, 5.74) is 3.90. The molecule has 0 radical (unpaired) electrons. The number of sulfonamides is 1. The Balaban J connectivity index is 1.51. The van der Waals surface area contributed by atoms with Crippen molar-refractivity contribution in [3.8, 4) is 10.6 Å². The number of rotatable bonds is 6. The molecule has 0 bridgehead atoms. The number of hydrogen-bond acceptors (Lipinski definition) is 8. The average molecular weight is 516 g/mol. The van der Waals surface area contributed by atoms with E-state index in [1.807, 2.05) is 0 Å². The fourth-order valence-electron chi connectivity index (χ4n) is 3.54. The normalized spacial score (nSPS) is 16.0. The summed E-state index contributed by atoms with van der Waals surface area (Å²) in [7, 11) is -2.05. The van der Waals surface area contributed by atoms with E-state index < -0.39 is 27.7 Å². The average Bonchev–Trinajstić information content (AvgIpc) is 3.43. The third-order valence-electron chi connectivity index (χ3n) is 5.32. The van der Waals surface area contributed by atoms with Crippen molar-refractivity contribution < 1.29 is 26.4 Å². The van der Waals surface area contributed by atoms with Gasteiger partial charge < -0.3 is 11.1 Å². The molecule has 1 saturated heterocycles. The highest BCUT2D eigenvalue weighted by Crippen LogP contribution is 2.38. The molecular formula is C19H20F3N7O3S2. The van der Waals surface area contributed by atoms with Gasteiger partial charge in [0.2, 0.25) is 21.9 Å². The summed E-state index contributed by atoms with van der Waals surface area (Å²) >= 11 is 0.920. The van der Waals surface area contributed by atoms with Gasteiger partial charge in [0.1, 0.15) is 10.5 Å². The second kappa shape index (κ2) is 8.96. The van der Waals surface area contributed by atoms with E-state index in [9.17, 15) is 26.4 Å². The highest BCUT2D eigenvalue weighted by atomic mass is 32.2. The third-order valence-corrected chi connectivity index (χ3v) is 8.11. The Labute approximate surface area is 196 Å². The van der Waals surface area contributed by atoms with Crippen molar-refractivity contribution in [2.24, 2.45) is 12.8 Å². The number of primary amides is 1. The molecule has 0 spiro atoms. The maximum atomic E-state index is 13.5. The van der Waals surface area contributed by atoms with E-state index in [0.29, 0.717) is 19.0 Å². The first-order valence-corrected chi connectivity index (χ1v) is 12.4. The first kappa shape index (κ1) is 24.1. The van der Waals surface area contributed by atoms with E-state index in [1.165, 1.54) is 32.8 Å². The zero-order valence-corrected chi connectivity index (χ0v) is 19.4. The summed E-state index contributed by atoms with van der Waals surface area (Å²) < 4.78 is 68.8. The van der Waals surface area contributed by atoms with Gasteiger partial charge in [0.05, 0.1) is 22.3 Å². The van der Waals surface area contributed by atoms with E-state index in [0.717, 1.165) is 11.3 Å². The molecule has 3 aromatic heterocycles. The van der Waals surface area contributed by atoms with E-state index in [2.05, 4.69) is 20.4 Å². The standard InChI is InChI=1S/C19H20F3N7O3S2/c1-28-9-13(7-25-28)34(31,32)29-4-2-12(3-5-29)26-18-24-8-14(19(20,21)22)16(27-18)15-6-11(10-33-15)17(23)30/h6-10,12H,2-5H2,1H3,(H2,23,30)(H,24,26,27). The molecule has 15 heteroatoms. The fraction of sp³-hybridized carbons (Fsp3) is 0.368. The monoisotopic (exact) mass is 515 g/mol. The number of nitrogens with one attached hydrogen (secondary N) is 1. The second-order valence-electron chi connectivity index (χ2n) is 7.69. The van der Waals surface area contributed by atoms with Gasteiger partial charge in [-0.25, -0.2) is 18.4 Å². The number of nitrogens with two attached hydrogens (primary N) is 1. The molecule has 0 saturated carbocycles. The number of anilines is 1. The van der Waals surface area contributed by atoms with Crippen molar-refractivity contribution in [1.29, 1.82) is 0 Å². The van der Waals surface area contributed by atoms with Gasteiger partial charge in [-0.05, 0) is 18.9 Å². The predicted molar refractivity (Wildman–Crippen MR) is 117 cm³/mol. The molecule has 4 heterocycles. The maximum Gasteiger partial charge on any atom is 0.420 e. The van der Waals surface area contributed by atoms with Gasteiger partial charge in [0, 0.05) is 44.0 Å². The van der Waals surface area contributed by atoms with Crippen LogP contribution >= 0.6 is 11.3 Å². The van der Waals surface area contributed by atoms with Crippen LogP contribution in [0.5, 0.6) is 0 Å². The van der Waals surface area contributed by atoms with E-state index in [1.54, 1.807) is 7.05 Å². The molecule has 0 aliphatic carbocycles. The molecule has 1 aliphatic rings. The summed E-state index contributed by atoms with van der Waals surface area (Å²) in [5, 5.41) is 8.26. The van der Waals surface area contributed by atoms with Crippen LogP contribution < -0.4 is 11.1 Å². The Hall–Kier alpha value is -3.04. The van der Waals surface area contributed by atoms with E-state index in [-0.39, 0.29) is 46.1 Å². The summed E-state index contributed by atoms with van der Waals surface area (Å²) in [6.07, 6.45) is -0.488. The lowest BCUT2D eigenvalue weighted by atomic mass is 10.1. The number of thiophene rings is 1. The van der Waals surface area contributed by atoms with E-state index in [4.69, 9.17) is 5.73 Å². The van der Waals surface area contributed by atoms with Gasteiger partial charge in [0.15, 0.2) is 0 Å². The molecule has 1 aliphatic heterocycles. The SMILES string of the molecule is Cn1cc(S(=O)(=O)N2CCC(Nc3ncc(C(F)(F)F)c(-c4cc(C(N)=O)cs4)n3)CC2)cn1. The first-order chi connectivity index (χ1) is 15.9. The van der Waals surface area contributed by atoms with Crippen LogP contribution in [0, 0.1) is 0 Å². The van der Waals surface area contributed by atoms with Gasteiger partial charge in [0.25, 0.3) is 0 Å². The Morgan fingerprint density at radius 2 is 1.97 bits per heavy atom.